The minimum Gasteiger partial charge on any atom is -0.473 e. The molecule has 1 aliphatic heterocycles. The monoisotopic (exact) mass is 359 g/mol. The van der Waals surface area contributed by atoms with Crippen LogP contribution in [0.15, 0.2) is 85.1 Å². The van der Waals surface area contributed by atoms with Gasteiger partial charge in [0.05, 0.1) is 5.52 Å². The lowest BCUT2D eigenvalue weighted by Gasteiger charge is -2.37. The quantitative estimate of drug-likeness (QED) is 0.380. The lowest BCUT2D eigenvalue weighted by Crippen LogP contribution is -2.35. The highest BCUT2D eigenvalue weighted by molar-refractivity contribution is 5.92. The van der Waals surface area contributed by atoms with E-state index in [0.29, 0.717) is 0 Å². The lowest BCUT2D eigenvalue weighted by molar-refractivity contribution is 0.161. The number of rotatable bonds is 0. The Morgan fingerprint density at radius 2 is 1.39 bits per heavy atom. The number of hydrogen-bond donors (Lipinski definition) is 0. The van der Waals surface area contributed by atoms with Crippen LogP contribution in [0.2, 0.25) is 0 Å². The van der Waals surface area contributed by atoms with Crippen LogP contribution >= 0.6 is 0 Å². The van der Waals surface area contributed by atoms with Gasteiger partial charge in [-0.1, -0.05) is 66.7 Å². The van der Waals surface area contributed by atoms with Gasteiger partial charge in [-0.15, -0.1) is 0 Å². The number of pyridine rings is 1. The van der Waals surface area contributed by atoms with E-state index in [1.54, 1.807) is 0 Å². The molecular formula is C26H17NO. The van der Waals surface area contributed by atoms with Crippen LogP contribution in [0, 0.1) is 0 Å². The highest BCUT2D eigenvalue weighted by atomic mass is 16.5. The molecule has 2 aliphatic rings. The Labute approximate surface area is 163 Å². The third kappa shape index (κ3) is 2.06. The molecule has 2 nitrogen and oxygen atoms in total. The van der Waals surface area contributed by atoms with Crippen molar-refractivity contribution >= 4 is 29.1 Å². The molecule has 3 aromatic carbocycles. The summed E-state index contributed by atoms with van der Waals surface area (Å²) in [4.78, 5) is 4.48. The molecule has 0 unspecified atom stereocenters. The summed E-state index contributed by atoms with van der Waals surface area (Å²) in [6.45, 7) is 0. The van der Waals surface area contributed by atoms with Crippen LogP contribution in [-0.2, 0) is 5.60 Å². The Morgan fingerprint density at radius 1 is 0.679 bits per heavy atom. The summed E-state index contributed by atoms with van der Waals surface area (Å²) in [5.74, 6) is 0.884. The summed E-state index contributed by atoms with van der Waals surface area (Å²) in [6, 6.07) is 25.1. The maximum atomic E-state index is 6.85. The van der Waals surface area contributed by atoms with Crippen molar-refractivity contribution in [1.29, 1.82) is 0 Å². The second kappa shape index (κ2) is 5.67. The Morgan fingerprint density at radius 3 is 2.14 bits per heavy atom. The van der Waals surface area contributed by atoms with Crippen LogP contribution in [0.4, 0.5) is 0 Å². The van der Waals surface area contributed by atoms with Crippen molar-refractivity contribution in [3.63, 3.8) is 0 Å². The van der Waals surface area contributed by atoms with Gasteiger partial charge >= 0.3 is 0 Å². The number of aromatic nitrogens is 1. The molecule has 0 amide bonds. The van der Waals surface area contributed by atoms with E-state index >= 15 is 0 Å². The molecule has 2 heteroatoms. The molecule has 28 heavy (non-hydrogen) atoms. The standard InChI is InChI=1S/C26H17NO/c1-3-9-22-18(6-1)11-12-19-7-2-4-10-23(19)26(22)16-15-21-20-8-5-17-27-24(20)13-14-25(21)28-26/h1-17H. The fourth-order valence-electron chi connectivity index (χ4n) is 4.40. The van der Waals surface area contributed by atoms with Crippen molar-refractivity contribution in [2.24, 2.45) is 0 Å². The second-order valence-electron chi connectivity index (χ2n) is 7.23. The normalized spacial score (nSPS) is 15.4. The van der Waals surface area contributed by atoms with Gasteiger partial charge in [-0.25, -0.2) is 0 Å². The molecule has 0 N–H and O–H groups in total. The van der Waals surface area contributed by atoms with Gasteiger partial charge in [0.2, 0.25) is 0 Å². The predicted molar refractivity (Wildman–Crippen MR) is 114 cm³/mol. The van der Waals surface area contributed by atoms with Crippen LogP contribution in [0.25, 0.3) is 29.1 Å². The fourth-order valence-corrected chi connectivity index (χ4v) is 4.40. The molecular weight excluding hydrogens is 342 g/mol. The molecule has 132 valence electrons. The first kappa shape index (κ1) is 15.4. The third-order valence-electron chi connectivity index (χ3n) is 5.71. The largest absolute Gasteiger partial charge is 0.473 e. The van der Waals surface area contributed by atoms with Gasteiger partial charge in [0.1, 0.15) is 5.75 Å². The van der Waals surface area contributed by atoms with Crippen molar-refractivity contribution in [3.8, 4) is 5.75 Å². The first-order valence-corrected chi connectivity index (χ1v) is 9.48. The molecule has 6 rings (SSSR count). The molecule has 1 spiro atoms. The molecule has 0 bridgehead atoms. The van der Waals surface area contributed by atoms with Gasteiger partial charge in [0.15, 0.2) is 5.60 Å². The number of hydrogen-bond acceptors (Lipinski definition) is 2. The molecule has 1 aliphatic carbocycles. The predicted octanol–water partition coefficient (Wildman–Crippen LogP) is 6.07. The molecule has 0 fully saturated rings. The highest BCUT2D eigenvalue weighted by Crippen LogP contribution is 2.47. The average Bonchev–Trinajstić information content (AvgIpc) is 2.89. The van der Waals surface area contributed by atoms with Gasteiger partial charge in [-0.05, 0) is 41.5 Å². The van der Waals surface area contributed by atoms with Crippen LogP contribution < -0.4 is 4.74 Å². The minimum atomic E-state index is -0.653. The first-order valence-electron chi connectivity index (χ1n) is 9.48. The average molecular weight is 359 g/mol. The van der Waals surface area contributed by atoms with E-state index in [-0.39, 0.29) is 0 Å². The molecule has 1 aromatic heterocycles. The number of ether oxygens (including phenoxy) is 1. The van der Waals surface area contributed by atoms with Crippen molar-refractivity contribution in [2.45, 2.75) is 5.60 Å². The van der Waals surface area contributed by atoms with E-state index in [0.717, 1.165) is 33.3 Å². The molecule has 2 heterocycles. The minimum absolute atomic E-state index is 0.653. The van der Waals surface area contributed by atoms with Crippen LogP contribution in [0.3, 0.4) is 0 Å². The van der Waals surface area contributed by atoms with Gasteiger partial charge in [-0.2, -0.15) is 0 Å². The highest BCUT2D eigenvalue weighted by Gasteiger charge is 2.40. The Hall–Kier alpha value is -3.65. The summed E-state index contributed by atoms with van der Waals surface area (Å²) < 4.78 is 6.85. The van der Waals surface area contributed by atoms with E-state index in [1.807, 2.05) is 24.4 Å². The fraction of sp³-hybridized carbons (Fsp3) is 0.0385. The number of fused-ring (bicyclic) bond motifs is 7. The molecule has 0 saturated carbocycles. The Kier molecular flexibility index (Phi) is 3.12. The molecule has 0 radical (unpaired) electrons. The topological polar surface area (TPSA) is 22.1 Å². The maximum Gasteiger partial charge on any atom is 0.179 e. The lowest BCUT2D eigenvalue weighted by atomic mass is 9.80. The van der Waals surface area contributed by atoms with Gasteiger partial charge in [0, 0.05) is 28.3 Å². The Balaban J connectivity index is 1.66. The maximum absolute atomic E-state index is 6.85. The number of benzene rings is 3. The SMILES string of the molecule is C1=Cc2ccccc2C2(C=Cc3c(ccc4ncccc34)O2)c2ccccc21. The third-order valence-corrected chi connectivity index (χ3v) is 5.71. The van der Waals surface area contributed by atoms with Crippen LogP contribution in [0.5, 0.6) is 5.75 Å². The molecule has 0 atom stereocenters. The first-order chi connectivity index (χ1) is 13.9. The summed E-state index contributed by atoms with van der Waals surface area (Å²) in [5, 5.41) is 1.11. The van der Waals surface area contributed by atoms with E-state index in [9.17, 15) is 0 Å². The Bertz CT molecular complexity index is 1250. The zero-order valence-electron chi connectivity index (χ0n) is 15.2. The second-order valence-corrected chi connectivity index (χ2v) is 7.23. The molecule has 0 saturated heterocycles. The zero-order valence-corrected chi connectivity index (χ0v) is 15.2. The van der Waals surface area contributed by atoms with Crippen molar-refractivity contribution in [3.05, 3.63) is 113 Å². The molecule has 4 aromatic rings. The van der Waals surface area contributed by atoms with E-state index < -0.39 is 5.60 Å². The smallest absolute Gasteiger partial charge is 0.179 e. The van der Waals surface area contributed by atoms with Gasteiger partial charge < -0.3 is 4.74 Å². The van der Waals surface area contributed by atoms with Gasteiger partial charge in [0.25, 0.3) is 0 Å². The number of nitrogens with zero attached hydrogens (tertiary/aromatic N) is 1. The van der Waals surface area contributed by atoms with Crippen molar-refractivity contribution in [1.82, 2.24) is 4.98 Å². The van der Waals surface area contributed by atoms with E-state index in [4.69, 9.17) is 4.74 Å². The van der Waals surface area contributed by atoms with E-state index in [1.165, 1.54) is 11.1 Å². The van der Waals surface area contributed by atoms with Gasteiger partial charge in [-0.3, -0.25) is 4.98 Å². The van der Waals surface area contributed by atoms with Crippen molar-refractivity contribution < 1.29 is 4.74 Å². The summed E-state index contributed by atoms with van der Waals surface area (Å²) in [7, 11) is 0. The van der Waals surface area contributed by atoms with Crippen LogP contribution in [-0.4, -0.2) is 4.98 Å². The van der Waals surface area contributed by atoms with E-state index in [2.05, 4.69) is 83.9 Å². The zero-order chi connectivity index (χ0) is 18.6. The summed E-state index contributed by atoms with van der Waals surface area (Å²) in [6.07, 6.45) is 10.6. The summed E-state index contributed by atoms with van der Waals surface area (Å²) >= 11 is 0. The van der Waals surface area contributed by atoms with Crippen LogP contribution in [0.1, 0.15) is 27.8 Å². The van der Waals surface area contributed by atoms with Crippen molar-refractivity contribution in [2.75, 3.05) is 0 Å². The summed E-state index contributed by atoms with van der Waals surface area (Å²) in [5.41, 5.74) is 6.08.